The lowest BCUT2D eigenvalue weighted by molar-refractivity contribution is 0.348. The van der Waals surface area contributed by atoms with E-state index >= 15 is 0 Å². The summed E-state index contributed by atoms with van der Waals surface area (Å²) in [7, 11) is 0. The van der Waals surface area contributed by atoms with Gasteiger partial charge in [-0.05, 0) is 5.56 Å². The lowest BCUT2D eigenvalue weighted by Gasteiger charge is -2.05. The van der Waals surface area contributed by atoms with Crippen LogP contribution in [0.3, 0.4) is 0 Å². The Bertz CT molecular complexity index is 203. The molecule has 3 heteroatoms. The molecule has 0 radical (unpaired) electrons. The summed E-state index contributed by atoms with van der Waals surface area (Å²) >= 11 is 1.94. The summed E-state index contributed by atoms with van der Waals surface area (Å²) < 4.78 is 15.8. The van der Waals surface area contributed by atoms with Gasteiger partial charge >= 0.3 is 0 Å². The Labute approximate surface area is 79.5 Å². The zero-order valence-corrected chi connectivity index (χ0v) is 8.08. The highest BCUT2D eigenvalue weighted by Gasteiger charge is 2.06. The van der Waals surface area contributed by atoms with Crippen LogP contribution in [-0.2, 0) is 0 Å². The molecule has 1 atom stereocenters. The molecule has 0 heterocycles. The van der Waals surface area contributed by atoms with E-state index in [2.05, 4.69) is 3.53 Å². The van der Waals surface area contributed by atoms with E-state index in [1.165, 1.54) is 0 Å². The van der Waals surface area contributed by atoms with Crippen LogP contribution in [0.4, 0.5) is 4.39 Å². The molecule has 1 unspecified atom stereocenters. The average molecular weight is 265 g/mol. The normalized spacial score (nSPS) is 12.9. The Morgan fingerprint density at radius 1 is 1.36 bits per heavy atom. The van der Waals surface area contributed by atoms with E-state index in [-0.39, 0.29) is 0 Å². The number of hydrogen-bond donors (Lipinski definition) is 1. The minimum atomic E-state index is -0.895. The Morgan fingerprint density at radius 3 is 2.55 bits per heavy atom. The third-order valence-electron chi connectivity index (χ3n) is 1.42. The Morgan fingerprint density at radius 2 is 2.00 bits per heavy atom. The molecule has 0 aliphatic carbocycles. The molecule has 1 aromatic rings. The third kappa shape index (κ3) is 2.75. The highest BCUT2D eigenvalue weighted by molar-refractivity contribution is 14.1. The van der Waals surface area contributed by atoms with Gasteiger partial charge in [-0.25, -0.2) is 4.39 Å². The van der Waals surface area contributed by atoms with Gasteiger partial charge in [0.1, 0.15) is 6.17 Å². The Hall–Kier alpha value is -0.160. The smallest absolute Gasteiger partial charge is 0.138 e. The zero-order valence-electron chi connectivity index (χ0n) is 5.93. The molecule has 0 aliphatic heterocycles. The van der Waals surface area contributed by atoms with Crippen LogP contribution in [0.2, 0.25) is 0 Å². The van der Waals surface area contributed by atoms with Crippen LogP contribution in [0.25, 0.3) is 0 Å². The molecule has 11 heavy (non-hydrogen) atoms. The zero-order chi connectivity index (χ0) is 8.10. The number of hydrogen-bond acceptors (Lipinski definition) is 1. The van der Waals surface area contributed by atoms with Gasteiger partial charge < -0.3 is 0 Å². The first kappa shape index (κ1) is 8.93. The van der Waals surface area contributed by atoms with Crippen LogP contribution in [0.1, 0.15) is 11.7 Å². The van der Waals surface area contributed by atoms with Crippen molar-refractivity contribution in [3.8, 4) is 0 Å². The van der Waals surface area contributed by atoms with Gasteiger partial charge in [-0.3, -0.25) is 3.53 Å². The summed E-state index contributed by atoms with van der Waals surface area (Å²) in [5, 5.41) is 0. The van der Waals surface area contributed by atoms with Crippen LogP contribution < -0.4 is 3.53 Å². The monoisotopic (exact) mass is 265 g/mol. The van der Waals surface area contributed by atoms with Gasteiger partial charge in [-0.2, -0.15) is 0 Å². The minimum absolute atomic E-state index is 0.366. The van der Waals surface area contributed by atoms with Crippen molar-refractivity contribution >= 4 is 22.9 Å². The van der Waals surface area contributed by atoms with E-state index < -0.39 is 6.17 Å². The lowest BCUT2D eigenvalue weighted by Crippen LogP contribution is -2.07. The van der Waals surface area contributed by atoms with Gasteiger partial charge in [0.2, 0.25) is 0 Å². The number of halogens is 2. The standard InChI is InChI=1S/C8H9FIN/c9-8(6-11-10)7-4-2-1-3-5-7/h1-5,8,11H,6H2. The number of nitrogens with one attached hydrogen (secondary N) is 1. The van der Waals surface area contributed by atoms with E-state index in [4.69, 9.17) is 0 Å². The van der Waals surface area contributed by atoms with Gasteiger partial charge in [0, 0.05) is 29.4 Å². The van der Waals surface area contributed by atoms with Crippen LogP contribution in [-0.4, -0.2) is 6.54 Å². The third-order valence-corrected chi connectivity index (χ3v) is 1.86. The molecule has 0 amide bonds. The van der Waals surface area contributed by atoms with Crippen LogP contribution in [0.5, 0.6) is 0 Å². The fourth-order valence-electron chi connectivity index (χ4n) is 0.847. The van der Waals surface area contributed by atoms with E-state index in [1.807, 2.05) is 41.1 Å². The van der Waals surface area contributed by atoms with E-state index in [1.54, 1.807) is 12.1 Å². The summed E-state index contributed by atoms with van der Waals surface area (Å²) in [6.45, 7) is 0.366. The molecule has 0 fully saturated rings. The number of benzene rings is 1. The predicted octanol–water partition coefficient (Wildman–Crippen LogP) is 2.64. The van der Waals surface area contributed by atoms with Crippen molar-refractivity contribution in [1.82, 2.24) is 3.53 Å². The van der Waals surface area contributed by atoms with Gasteiger partial charge in [0.25, 0.3) is 0 Å². The topological polar surface area (TPSA) is 12.0 Å². The molecule has 0 saturated carbocycles. The summed E-state index contributed by atoms with van der Waals surface area (Å²) in [4.78, 5) is 0. The van der Waals surface area contributed by atoms with Crippen molar-refractivity contribution in [3.63, 3.8) is 0 Å². The maximum atomic E-state index is 13.1. The maximum Gasteiger partial charge on any atom is 0.138 e. The van der Waals surface area contributed by atoms with Crippen molar-refractivity contribution in [2.24, 2.45) is 0 Å². The second-order valence-electron chi connectivity index (χ2n) is 2.22. The molecule has 0 spiro atoms. The first-order valence-electron chi connectivity index (χ1n) is 3.37. The Kier molecular flexibility index (Phi) is 3.79. The molecule has 60 valence electrons. The van der Waals surface area contributed by atoms with E-state index in [0.717, 1.165) is 5.56 Å². The first-order chi connectivity index (χ1) is 5.34. The van der Waals surface area contributed by atoms with Crippen molar-refractivity contribution in [2.45, 2.75) is 6.17 Å². The summed E-state index contributed by atoms with van der Waals surface area (Å²) in [5.41, 5.74) is 0.733. The molecular weight excluding hydrogens is 256 g/mol. The highest BCUT2D eigenvalue weighted by atomic mass is 127. The number of rotatable bonds is 3. The summed E-state index contributed by atoms with van der Waals surface area (Å²) in [6, 6.07) is 9.15. The second-order valence-corrected chi connectivity index (χ2v) is 2.98. The molecule has 1 nitrogen and oxygen atoms in total. The van der Waals surface area contributed by atoms with Crippen LogP contribution in [0, 0.1) is 0 Å². The largest absolute Gasteiger partial charge is 0.258 e. The second kappa shape index (κ2) is 4.66. The molecule has 1 N–H and O–H groups in total. The molecule has 0 saturated heterocycles. The van der Waals surface area contributed by atoms with Crippen molar-refractivity contribution in [3.05, 3.63) is 35.9 Å². The quantitative estimate of drug-likeness (QED) is 0.654. The maximum absolute atomic E-state index is 13.1. The van der Waals surface area contributed by atoms with Gasteiger partial charge in [0.05, 0.1) is 0 Å². The number of alkyl halides is 1. The lowest BCUT2D eigenvalue weighted by atomic mass is 10.1. The van der Waals surface area contributed by atoms with Crippen LogP contribution >= 0.6 is 22.9 Å². The highest BCUT2D eigenvalue weighted by Crippen LogP contribution is 2.15. The summed E-state index contributed by atoms with van der Waals surface area (Å²) in [5.74, 6) is 0. The molecule has 0 aliphatic rings. The average Bonchev–Trinajstić information content (AvgIpc) is 2.07. The summed E-state index contributed by atoms with van der Waals surface area (Å²) in [6.07, 6.45) is -0.895. The molecule has 1 aromatic carbocycles. The molecular formula is C8H9FIN. The predicted molar refractivity (Wildman–Crippen MR) is 52.3 cm³/mol. The Balaban J connectivity index is 2.61. The molecule has 1 rings (SSSR count). The van der Waals surface area contributed by atoms with Gasteiger partial charge in [-0.15, -0.1) is 0 Å². The van der Waals surface area contributed by atoms with Gasteiger partial charge in [0.15, 0.2) is 0 Å². The van der Waals surface area contributed by atoms with Crippen molar-refractivity contribution < 1.29 is 4.39 Å². The fourth-order valence-corrected chi connectivity index (χ4v) is 1.23. The fraction of sp³-hybridized carbons (Fsp3) is 0.250. The van der Waals surface area contributed by atoms with E-state index in [9.17, 15) is 4.39 Å². The van der Waals surface area contributed by atoms with Gasteiger partial charge in [-0.1, -0.05) is 30.3 Å². The van der Waals surface area contributed by atoms with Crippen molar-refractivity contribution in [1.29, 1.82) is 0 Å². The SMILES string of the molecule is FC(CNI)c1ccccc1. The molecule has 0 bridgehead atoms. The molecule has 0 aromatic heterocycles. The van der Waals surface area contributed by atoms with E-state index in [0.29, 0.717) is 6.54 Å². The minimum Gasteiger partial charge on any atom is -0.258 e. The van der Waals surface area contributed by atoms with Crippen LogP contribution in [0.15, 0.2) is 30.3 Å². The first-order valence-corrected chi connectivity index (χ1v) is 4.45. The van der Waals surface area contributed by atoms with Crippen molar-refractivity contribution in [2.75, 3.05) is 6.54 Å².